The van der Waals surface area contributed by atoms with Crippen molar-refractivity contribution in [2.24, 2.45) is 0 Å². The molecule has 2 aromatic heterocycles. The second-order valence-electron chi connectivity index (χ2n) is 10.1. The third-order valence-corrected chi connectivity index (χ3v) is 9.21. The number of piperazine rings is 1. The average molecular weight is 485 g/mol. The van der Waals surface area contributed by atoms with Crippen LogP contribution in [0.15, 0.2) is 59.8 Å². The first-order chi connectivity index (χ1) is 17.0. The first-order valence-corrected chi connectivity index (χ1v) is 13.7. The number of H-pyrrole nitrogens is 1. The molecule has 35 heavy (non-hydrogen) atoms. The number of anilines is 1. The Hall–Kier alpha value is -2.96. The monoisotopic (exact) mass is 484 g/mol. The minimum atomic E-state index is -0.871. The predicted molar refractivity (Wildman–Crippen MR) is 146 cm³/mol. The summed E-state index contributed by atoms with van der Waals surface area (Å²) in [7, 11) is 1.33. The molecule has 2 aliphatic rings. The van der Waals surface area contributed by atoms with Gasteiger partial charge in [0.1, 0.15) is 5.65 Å². The number of aromatic amines is 1. The van der Waals surface area contributed by atoms with E-state index in [0.29, 0.717) is 5.25 Å². The summed E-state index contributed by atoms with van der Waals surface area (Å²) in [6.07, 6.45) is 6.16. The topological polar surface area (TPSA) is 52.2 Å². The standard InChI is InChI=1S/C29H32N4OS/c1-19-14-22(15-20(2)28(19)33-12-10-32(3)11-13-33)23-16-26-27(18-31-29(26)30-17-23)21-4-6-24(7-5-21)35(34)25-8-9-25/h4-7,14-18,25H,8-13H2,1-3H3,(H,30,31). The lowest BCUT2D eigenvalue weighted by Crippen LogP contribution is -2.45. The first-order valence-electron chi connectivity index (χ1n) is 12.5. The molecule has 0 radical (unpaired) electrons. The number of likely N-dealkylation sites (N-methyl/N-ethyl adjacent to an activating group) is 1. The normalized spacial score (nSPS) is 17.7. The number of aryl methyl sites for hydroxylation is 2. The Balaban J connectivity index is 1.33. The zero-order valence-electron chi connectivity index (χ0n) is 20.7. The summed E-state index contributed by atoms with van der Waals surface area (Å²) in [4.78, 5) is 13.9. The van der Waals surface area contributed by atoms with Crippen LogP contribution in [0.1, 0.15) is 24.0 Å². The number of nitrogens with one attached hydrogen (secondary N) is 1. The van der Waals surface area contributed by atoms with Crippen LogP contribution in [0.25, 0.3) is 33.3 Å². The second kappa shape index (κ2) is 8.92. The molecule has 1 aliphatic carbocycles. The molecule has 1 atom stereocenters. The van der Waals surface area contributed by atoms with Crippen molar-refractivity contribution in [3.63, 3.8) is 0 Å². The van der Waals surface area contributed by atoms with Gasteiger partial charge in [-0.1, -0.05) is 12.1 Å². The predicted octanol–water partition coefficient (Wildman–Crippen LogP) is 5.54. The lowest BCUT2D eigenvalue weighted by molar-refractivity contribution is 0.312. The summed E-state index contributed by atoms with van der Waals surface area (Å²) < 4.78 is 12.5. The molecule has 1 saturated heterocycles. The molecule has 5 nitrogen and oxygen atoms in total. The van der Waals surface area contributed by atoms with Gasteiger partial charge >= 0.3 is 0 Å². The van der Waals surface area contributed by atoms with E-state index in [2.05, 4.69) is 66.0 Å². The Kier molecular flexibility index (Phi) is 5.73. The minimum absolute atomic E-state index is 0.357. The van der Waals surface area contributed by atoms with Crippen molar-refractivity contribution >= 4 is 27.5 Å². The SMILES string of the molecule is Cc1cc(-c2cnc3[nH]cc(-c4ccc(S(=O)C5CC5)cc4)c3c2)cc(C)c1N1CCN(C)CC1. The molecule has 1 saturated carbocycles. The van der Waals surface area contributed by atoms with E-state index in [1.54, 1.807) is 0 Å². The van der Waals surface area contributed by atoms with Crippen molar-refractivity contribution in [1.82, 2.24) is 14.9 Å². The summed E-state index contributed by atoms with van der Waals surface area (Å²) in [5.41, 5.74) is 9.47. The molecule has 1 N–H and O–H groups in total. The summed E-state index contributed by atoms with van der Waals surface area (Å²) in [6.45, 7) is 8.81. The number of rotatable bonds is 5. The molecule has 1 unspecified atom stereocenters. The number of fused-ring (bicyclic) bond motifs is 1. The fourth-order valence-corrected chi connectivity index (χ4v) is 6.65. The first kappa shape index (κ1) is 22.5. The minimum Gasteiger partial charge on any atom is -0.369 e. The molecule has 180 valence electrons. The fraction of sp³-hybridized carbons (Fsp3) is 0.345. The maximum Gasteiger partial charge on any atom is 0.137 e. The van der Waals surface area contributed by atoms with Crippen LogP contribution in [0.5, 0.6) is 0 Å². The highest BCUT2D eigenvalue weighted by Crippen LogP contribution is 2.36. The van der Waals surface area contributed by atoms with Crippen LogP contribution >= 0.6 is 0 Å². The van der Waals surface area contributed by atoms with Crippen LogP contribution in [0.2, 0.25) is 0 Å². The van der Waals surface area contributed by atoms with Crippen molar-refractivity contribution in [3.05, 3.63) is 66.0 Å². The molecule has 0 amide bonds. The summed E-state index contributed by atoms with van der Waals surface area (Å²) in [5, 5.41) is 1.47. The Bertz CT molecular complexity index is 1390. The van der Waals surface area contributed by atoms with Crippen LogP contribution in [0.3, 0.4) is 0 Å². The largest absolute Gasteiger partial charge is 0.369 e. The van der Waals surface area contributed by atoms with E-state index >= 15 is 0 Å². The van der Waals surface area contributed by atoms with Gasteiger partial charge < -0.3 is 14.8 Å². The van der Waals surface area contributed by atoms with E-state index in [1.165, 1.54) is 22.4 Å². The van der Waals surface area contributed by atoms with Gasteiger partial charge in [-0.3, -0.25) is 4.21 Å². The van der Waals surface area contributed by atoms with Crippen molar-refractivity contribution in [2.75, 3.05) is 38.1 Å². The Morgan fingerprint density at radius 2 is 1.60 bits per heavy atom. The van der Waals surface area contributed by atoms with Gasteiger partial charge in [-0.05, 0) is 86.3 Å². The average Bonchev–Trinajstić information content (AvgIpc) is 3.63. The van der Waals surface area contributed by atoms with E-state index in [0.717, 1.165) is 71.6 Å². The highest BCUT2D eigenvalue weighted by Gasteiger charge is 2.29. The second-order valence-corrected chi connectivity index (χ2v) is 11.8. The van der Waals surface area contributed by atoms with Gasteiger partial charge in [0.25, 0.3) is 0 Å². The van der Waals surface area contributed by atoms with Crippen molar-refractivity contribution in [1.29, 1.82) is 0 Å². The van der Waals surface area contributed by atoms with Gasteiger partial charge in [0.05, 0.1) is 10.8 Å². The Morgan fingerprint density at radius 1 is 0.914 bits per heavy atom. The van der Waals surface area contributed by atoms with Crippen molar-refractivity contribution in [3.8, 4) is 22.3 Å². The molecule has 6 rings (SSSR count). The molecule has 6 heteroatoms. The molecule has 2 aromatic carbocycles. The highest BCUT2D eigenvalue weighted by atomic mass is 32.2. The maximum atomic E-state index is 12.5. The molecule has 3 heterocycles. The summed E-state index contributed by atoms with van der Waals surface area (Å²) >= 11 is 0. The van der Waals surface area contributed by atoms with E-state index < -0.39 is 10.8 Å². The number of benzene rings is 2. The summed E-state index contributed by atoms with van der Waals surface area (Å²) in [5.74, 6) is 0. The maximum absolute atomic E-state index is 12.5. The molecular formula is C29H32N4OS. The smallest absolute Gasteiger partial charge is 0.137 e. The van der Waals surface area contributed by atoms with Crippen LogP contribution in [0, 0.1) is 13.8 Å². The number of hydrogen-bond donors (Lipinski definition) is 1. The highest BCUT2D eigenvalue weighted by molar-refractivity contribution is 7.86. The molecule has 4 aromatic rings. The van der Waals surface area contributed by atoms with Gasteiger partial charge in [-0.15, -0.1) is 0 Å². The number of pyridine rings is 1. The third kappa shape index (κ3) is 4.30. The van der Waals surface area contributed by atoms with Crippen molar-refractivity contribution in [2.45, 2.75) is 36.8 Å². The molecule has 1 aliphatic heterocycles. The Labute approximate surface area is 209 Å². The third-order valence-electron chi connectivity index (χ3n) is 7.40. The van der Waals surface area contributed by atoms with Crippen LogP contribution < -0.4 is 4.90 Å². The summed E-state index contributed by atoms with van der Waals surface area (Å²) in [6, 6.07) is 15.1. The van der Waals surface area contributed by atoms with Gasteiger partial charge in [-0.2, -0.15) is 0 Å². The van der Waals surface area contributed by atoms with E-state index in [4.69, 9.17) is 4.98 Å². The van der Waals surface area contributed by atoms with Crippen molar-refractivity contribution < 1.29 is 4.21 Å². The number of aromatic nitrogens is 2. The van der Waals surface area contributed by atoms with Gasteiger partial charge in [0, 0.05) is 70.9 Å². The van der Waals surface area contributed by atoms with Crippen LogP contribution in [-0.4, -0.2) is 57.6 Å². The zero-order chi connectivity index (χ0) is 24.1. The molecular weight excluding hydrogens is 452 g/mol. The van der Waals surface area contributed by atoms with E-state index in [-0.39, 0.29) is 0 Å². The zero-order valence-corrected chi connectivity index (χ0v) is 21.5. The van der Waals surface area contributed by atoms with Gasteiger partial charge in [0.15, 0.2) is 0 Å². The number of nitrogens with zero attached hydrogens (tertiary/aromatic N) is 3. The molecule has 0 bridgehead atoms. The van der Waals surface area contributed by atoms with Gasteiger partial charge in [0.2, 0.25) is 0 Å². The lowest BCUT2D eigenvalue weighted by Gasteiger charge is -2.36. The lowest BCUT2D eigenvalue weighted by atomic mass is 9.97. The molecule has 2 fully saturated rings. The van der Waals surface area contributed by atoms with Crippen LogP contribution in [0.4, 0.5) is 5.69 Å². The fourth-order valence-electron chi connectivity index (χ4n) is 5.29. The van der Waals surface area contributed by atoms with E-state index in [1.807, 2.05) is 24.5 Å². The van der Waals surface area contributed by atoms with E-state index in [9.17, 15) is 4.21 Å². The Morgan fingerprint density at radius 3 is 2.26 bits per heavy atom. The number of hydrogen-bond acceptors (Lipinski definition) is 4. The quantitative estimate of drug-likeness (QED) is 0.404. The van der Waals surface area contributed by atoms with Crippen LogP contribution in [-0.2, 0) is 10.8 Å². The van der Waals surface area contributed by atoms with Gasteiger partial charge in [-0.25, -0.2) is 4.98 Å². The molecule has 0 spiro atoms.